The molecular weight excluding hydrogens is 283 g/mol. The molecule has 0 saturated carbocycles. The summed E-state index contributed by atoms with van der Waals surface area (Å²) in [7, 11) is 0. The van der Waals surface area contributed by atoms with E-state index in [-0.39, 0.29) is 11.8 Å². The second kappa shape index (κ2) is 7.13. The van der Waals surface area contributed by atoms with Crippen LogP contribution in [0, 0.1) is 0 Å². The molecule has 0 aliphatic carbocycles. The largest absolute Gasteiger partial charge is 0.484 e. The Morgan fingerprint density at radius 2 is 1.86 bits per heavy atom. The van der Waals surface area contributed by atoms with Crippen LogP contribution >= 0.6 is 0 Å². The van der Waals surface area contributed by atoms with Crippen molar-refractivity contribution < 1.29 is 22.6 Å². The first-order valence-electron chi connectivity index (χ1n) is 7.07. The van der Waals surface area contributed by atoms with Crippen LogP contribution in [0.25, 0.3) is 0 Å². The fourth-order valence-electron chi connectivity index (χ4n) is 2.33. The summed E-state index contributed by atoms with van der Waals surface area (Å²) >= 11 is 0. The van der Waals surface area contributed by atoms with Gasteiger partial charge in [0.2, 0.25) is 0 Å². The van der Waals surface area contributed by atoms with Gasteiger partial charge >= 0.3 is 6.18 Å². The monoisotopic (exact) mass is 303 g/mol. The zero-order valence-corrected chi connectivity index (χ0v) is 12.0. The van der Waals surface area contributed by atoms with E-state index in [0.29, 0.717) is 6.04 Å². The number of alkyl halides is 3. The molecule has 2 rings (SSSR count). The predicted octanol–water partition coefficient (Wildman–Crippen LogP) is 3.46. The Labute approximate surface area is 122 Å². The van der Waals surface area contributed by atoms with Crippen LogP contribution < -0.4 is 10.1 Å². The molecule has 1 aliphatic rings. The summed E-state index contributed by atoms with van der Waals surface area (Å²) in [4.78, 5) is 0. The fraction of sp³-hybridized carbons (Fsp3) is 0.600. The van der Waals surface area contributed by atoms with Crippen LogP contribution in [0.15, 0.2) is 24.3 Å². The van der Waals surface area contributed by atoms with E-state index >= 15 is 0 Å². The Morgan fingerprint density at radius 3 is 2.43 bits per heavy atom. The molecule has 1 fully saturated rings. The van der Waals surface area contributed by atoms with E-state index in [0.717, 1.165) is 31.6 Å². The van der Waals surface area contributed by atoms with Crippen molar-refractivity contribution in [1.82, 2.24) is 5.32 Å². The first kappa shape index (κ1) is 16.1. The van der Waals surface area contributed by atoms with Gasteiger partial charge in [-0.25, -0.2) is 0 Å². The number of hydrogen-bond donors (Lipinski definition) is 1. The molecule has 1 saturated heterocycles. The summed E-state index contributed by atoms with van der Waals surface area (Å²) < 4.78 is 46.2. The minimum Gasteiger partial charge on any atom is -0.484 e. The SMILES string of the molecule is C[C@H](NC1CCOCC1)c1ccc(OCC(F)(F)F)cc1. The molecule has 21 heavy (non-hydrogen) atoms. The highest BCUT2D eigenvalue weighted by Crippen LogP contribution is 2.22. The molecule has 1 aromatic rings. The molecule has 1 atom stereocenters. The molecule has 118 valence electrons. The first-order chi connectivity index (χ1) is 9.94. The minimum absolute atomic E-state index is 0.143. The molecule has 1 aromatic carbocycles. The molecule has 0 bridgehead atoms. The van der Waals surface area contributed by atoms with E-state index in [2.05, 4.69) is 5.32 Å². The molecule has 1 heterocycles. The van der Waals surface area contributed by atoms with Gasteiger partial charge in [0.25, 0.3) is 0 Å². The average Bonchev–Trinajstić information content (AvgIpc) is 2.46. The van der Waals surface area contributed by atoms with Crippen molar-refractivity contribution in [2.24, 2.45) is 0 Å². The van der Waals surface area contributed by atoms with Gasteiger partial charge in [-0.15, -0.1) is 0 Å². The lowest BCUT2D eigenvalue weighted by Crippen LogP contribution is -2.36. The third-order valence-corrected chi connectivity index (χ3v) is 3.49. The molecular formula is C15H20F3NO2. The molecule has 1 aliphatic heterocycles. The highest BCUT2D eigenvalue weighted by atomic mass is 19.4. The third-order valence-electron chi connectivity index (χ3n) is 3.49. The maximum atomic E-state index is 12.1. The first-order valence-corrected chi connectivity index (χ1v) is 7.07. The summed E-state index contributed by atoms with van der Waals surface area (Å²) in [6.07, 6.45) is -2.34. The van der Waals surface area contributed by atoms with Crippen molar-refractivity contribution in [2.45, 2.75) is 38.0 Å². The van der Waals surface area contributed by atoms with Crippen LogP contribution in [0.5, 0.6) is 5.75 Å². The van der Waals surface area contributed by atoms with Crippen LogP contribution in [0.1, 0.15) is 31.4 Å². The lowest BCUT2D eigenvalue weighted by atomic mass is 10.0. The highest BCUT2D eigenvalue weighted by molar-refractivity contribution is 5.29. The smallest absolute Gasteiger partial charge is 0.422 e. The second-order valence-electron chi connectivity index (χ2n) is 5.25. The lowest BCUT2D eigenvalue weighted by Gasteiger charge is -2.27. The van der Waals surface area contributed by atoms with E-state index in [1.807, 2.05) is 6.92 Å². The lowest BCUT2D eigenvalue weighted by molar-refractivity contribution is -0.153. The zero-order chi connectivity index (χ0) is 15.3. The number of ether oxygens (including phenoxy) is 2. The summed E-state index contributed by atoms with van der Waals surface area (Å²) in [5.41, 5.74) is 1.03. The van der Waals surface area contributed by atoms with Gasteiger partial charge in [0.05, 0.1) is 0 Å². The molecule has 0 spiro atoms. The van der Waals surface area contributed by atoms with Gasteiger partial charge in [0.15, 0.2) is 6.61 Å². The van der Waals surface area contributed by atoms with Gasteiger partial charge in [-0.1, -0.05) is 12.1 Å². The molecule has 0 aromatic heterocycles. The van der Waals surface area contributed by atoms with Crippen molar-refractivity contribution in [1.29, 1.82) is 0 Å². The summed E-state index contributed by atoms with van der Waals surface area (Å²) in [6.45, 7) is 2.33. The number of rotatable bonds is 5. The Morgan fingerprint density at radius 1 is 1.24 bits per heavy atom. The minimum atomic E-state index is -4.31. The van der Waals surface area contributed by atoms with Gasteiger partial charge in [-0.3, -0.25) is 0 Å². The van der Waals surface area contributed by atoms with Crippen molar-refractivity contribution in [3.8, 4) is 5.75 Å². The predicted molar refractivity (Wildman–Crippen MR) is 73.4 cm³/mol. The Balaban J connectivity index is 1.85. The van der Waals surface area contributed by atoms with Gasteiger partial charge in [0.1, 0.15) is 5.75 Å². The third kappa shape index (κ3) is 5.55. The van der Waals surface area contributed by atoms with Gasteiger partial charge in [0, 0.05) is 25.3 Å². The van der Waals surface area contributed by atoms with Crippen molar-refractivity contribution in [2.75, 3.05) is 19.8 Å². The normalized spacial score (nSPS) is 18.5. The highest BCUT2D eigenvalue weighted by Gasteiger charge is 2.28. The van der Waals surface area contributed by atoms with Crippen LogP contribution in [0.4, 0.5) is 13.2 Å². The Bertz CT molecular complexity index is 428. The van der Waals surface area contributed by atoms with E-state index in [9.17, 15) is 13.2 Å². The van der Waals surface area contributed by atoms with Gasteiger partial charge < -0.3 is 14.8 Å². The second-order valence-corrected chi connectivity index (χ2v) is 5.25. The molecule has 0 amide bonds. The van der Waals surface area contributed by atoms with Crippen molar-refractivity contribution >= 4 is 0 Å². The number of halogens is 3. The Hall–Kier alpha value is -1.27. The molecule has 6 heteroatoms. The standard InChI is InChI=1S/C15H20F3NO2/c1-11(19-13-6-8-20-9-7-13)12-2-4-14(5-3-12)21-10-15(16,17)18/h2-5,11,13,19H,6-10H2,1H3/t11-/m0/s1. The zero-order valence-electron chi connectivity index (χ0n) is 12.0. The number of nitrogens with one attached hydrogen (secondary N) is 1. The summed E-state index contributed by atoms with van der Waals surface area (Å²) in [5.74, 6) is 0.231. The quantitative estimate of drug-likeness (QED) is 0.903. The van der Waals surface area contributed by atoms with Crippen LogP contribution in [0.2, 0.25) is 0 Å². The van der Waals surface area contributed by atoms with Crippen LogP contribution in [0.3, 0.4) is 0 Å². The number of benzene rings is 1. The molecule has 3 nitrogen and oxygen atoms in total. The number of hydrogen-bond acceptors (Lipinski definition) is 3. The maximum absolute atomic E-state index is 12.1. The van der Waals surface area contributed by atoms with E-state index in [1.54, 1.807) is 24.3 Å². The topological polar surface area (TPSA) is 30.5 Å². The van der Waals surface area contributed by atoms with E-state index in [1.165, 1.54) is 0 Å². The van der Waals surface area contributed by atoms with Crippen molar-refractivity contribution in [3.63, 3.8) is 0 Å². The van der Waals surface area contributed by atoms with Gasteiger partial charge in [-0.05, 0) is 37.5 Å². The Kier molecular flexibility index (Phi) is 5.47. The fourth-order valence-corrected chi connectivity index (χ4v) is 2.33. The van der Waals surface area contributed by atoms with Crippen molar-refractivity contribution in [3.05, 3.63) is 29.8 Å². The molecule has 1 N–H and O–H groups in total. The van der Waals surface area contributed by atoms with E-state index in [4.69, 9.17) is 9.47 Å². The summed E-state index contributed by atoms with van der Waals surface area (Å²) in [5, 5.41) is 3.51. The van der Waals surface area contributed by atoms with Crippen LogP contribution in [-0.4, -0.2) is 32.0 Å². The molecule has 0 unspecified atom stereocenters. The van der Waals surface area contributed by atoms with Crippen LogP contribution in [-0.2, 0) is 4.74 Å². The maximum Gasteiger partial charge on any atom is 0.422 e. The molecule has 0 radical (unpaired) electrons. The van der Waals surface area contributed by atoms with E-state index < -0.39 is 12.8 Å². The van der Waals surface area contributed by atoms with Gasteiger partial charge in [-0.2, -0.15) is 13.2 Å². The summed E-state index contributed by atoms with van der Waals surface area (Å²) in [6, 6.07) is 7.30. The average molecular weight is 303 g/mol.